The van der Waals surface area contributed by atoms with Gasteiger partial charge in [-0.3, -0.25) is 4.99 Å². The fourth-order valence-corrected chi connectivity index (χ4v) is 0.0833. The summed E-state index contributed by atoms with van der Waals surface area (Å²) in [5.74, 6) is -0.417. The summed E-state index contributed by atoms with van der Waals surface area (Å²) in [7, 11) is 5.02. The molecule has 0 rings (SSSR count). The lowest BCUT2D eigenvalue weighted by Gasteiger charge is -2.19. The van der Waals surface area contributed by atoms with Crippen LogP contribution in [0, 0.1) is 0 Å². The van der Waals surface area contributed by atoms with Gasteiger partial charge in [0, 0.05) is 27.0 Å². The van der Waals surface area contributed by atoms with Crippen LogP contribution in [0.3, 0.4) is 0 Å². The van der Waals surface area contributed by atoms with Crippen LogP contribution < -0.4 is 0 Å². The Hall–Kier alpha value is -0.410. The summed E-state index contributed by atoms with van der Waals surface area (Å²) in [5.41, 5.74) is 1.13. The highest BCUT2D eigenvalue weighted by Gasteiger charge is 2.11. The van der Waals surface area contributed by atoms with E-state index in [1.54, 1.807) is 21.3 Å². The van der Waals surface area contributed by atoms with Gasteiger partial charge in [0.2, 0.25) is 0 Å². The highest BCUT2D eigenvalue weighted by Crippen LogP contribution is 2.05. The van der Waals surface area contributed by atoms with Gasteiger partial charge in [-0.15, -0.1) is 0 Å². The van der Waals surface area contributed by atoms with Gasteiger partial charge in [-0.05, 0) is 27.7 Å². The molecule has 12 heavy (non-hydrogen) atoms. The lowest BCUT2D eigenvalue weighted by Crippen LogP contribution is -2.24. The molecule has 0 saturated carbocycles. The Kier molecular flexibility index (Phi) is 8.54. The van der Waals surface area contributed by atoms with Crippen LogP contribution in [0.1, 0.15) is 27.7 Å². The van der Waals surface area contributed by atoms with Crippen molar-refractivity contribution in [3.8, 4) is 0 Å². The lowest BCUT2D eigenvalue weighted by atomic mass is 10.4. The van der Waals surface area contributed by atoms with Crippen molar-refractivity contribution in [2.24, 2.45) is 4.99 Å². The summed E-state index contributed by atoms with van der Waals surface area (Å²) in [6.45, 7) is 7.65. The van der Waals surface area contributed by atoms with Gasteiger partial charge in [0.15, 0.2) is 5.79 Å². The van der Waals surface area contributed by atoms with Gasteiger partial charge in [0.1, 0.15) is 0 Å². The number of hydrogen-bond donors (Lipinski definition) is 0. The minimum absolute atomic E-state index is 0.417. The van der Waals surface area contributed by atoms with E-state index < -0.39 is 5.79 Å². The summed E-state index contributed by atoms with van der Waals surface area (Å²) in [6.07, 6.45) is 0. The predicted molar refractivity (Wildman–Crippen MR) is 52.8 cm³/mol. The predicted octanol–water partition coefficient (Wildman–Crippen LogP) is 2.11. The smallest absolute Gasteiger partial charge is 0.161 e. The minimum atomic E-state index is -0.417. The van der Waals surface area contributed by atoms with Crippen molar-refractivity contribution in [1.29, 1.82) is 0 Å². The van der Waals surface area contributed by atoms with Crippen molar-refractivity contribution in [3.05, 3.63) is 0 Å². The standard InChI is InChI=1S/C5H12O2.C4H9N/c1-5(2,6-3)7-4;1-4(2)5-3/h1-4H3;1-3H3. The first-order chi connectivity index (χ1) is 5.39. The summed E-state index contributed by atoms with van der Waals surface area (Å²) in [6, 6.07) is 0. The van der Waals surface area contributed by atoms with E-state index in [2.05, 4.69) is 4.99 Å². The number of aliphatic imine (C=N–C) groups is 1. The Morgan fingerprint density at radius 3 is 1.33 bits per heavy atom. The number of methoxy groups -OCH3 is 2. The number of hydrogen-bond acceptors (Lipinski definition) is 3. The maximum atomic E-state index is 4.86. The van der Waals surface area contributed by atoms with Gasteiger partial charge >= 0.3 is 0 Å². The second-order valence-electron chi connectivity index (χ2n) is 2.98. The molecule has 0 aromatic carbocycles. The van der Waals surface area contributed by atoms with Crippen molar-refractivity contribution >= 4 is 5.71 Å². The first kappa shape index (κ1) is 14.1. The average Bonchev–Trinajstić information content (AvgIpc) is 2.05. The van der Waals surface area contributed by atoms with Gasteiger partial charge in [0.05, 0.1) is 0 Å². The Labute approximate surface area is 75.8 Å². The maximum Gasteiger partial charge on any atom is 0.161 e. The molecule has 0 aliphatic rings. The SMILES string of the molecule is CN=C(C)C.COC(C)(C)OC. The maximum absolute atomic E-state index is 4.86. The van der Waals surface area contributed by atoms with Crippen LogP contribution in [0.5, 0.6) is 0 Å². The van der Waals surface area contributed by atoms with Gasteiger partial charge in [-0.25, -0.2) is 0 Å². The van der Waals surface area contributed by atoms with E-state index in [-0.39, 0.29) is 0 Å². The third-order valence-corrected chi connectivity index (χ3v) is 1.43. The van der Waals surface area contributed by atoms with E-state index in [0.29, 0.717) is 0 Å². The minimum Gasteiger partial charge on any atom is -0.354 e. The van der Waals surface area contributed by atoms with E-state index in [1.807, 2.05) is 27.7 Å². The number of nitrogens with zero attached hydrogens (tertiary/aromatic N) is 1. The zero-order valence-corrected chi connectivity index (χ0v) is 9.26. The Morgan fingerprint density at radius 1 is 1.08 bits per heavy atom. The Balaban J connectivity index is 0. The van der Waals surface area contributed by atoms with Gasteiger partial charge < -0.3 is 9.47 Å². The zero-order chi connectivity index (χ0) is 10.2. The van der Waals surface area contributed by atoms with Crippen LogP contribution in [0.2, 0.25) is 0 Å². The Bertz CT molecular complexity index is 120. The summed E-state index contributed by atoms with van der Waals surface area (Å²) < 4.78 is 9.73. The van der Waals surface area contributed by atoms with E-state index in [4.69, 9.17) is 9.47 Å². The Morgan fingerprint density at radius 2 is 1.33 bits per heavy atom. The molecule has 0 unspecified atom stereocenters. The van der Waals surface area contributed by atoms with Crippen molar-refractivity contribution < 1.29 is 9.47 Å². The monoisotopic (exact) mass is 175 g/mol. The van der Waals surface area contributed by atoms with Crippen LogP contribution in [0.4, 0.5) is 0 Å². The fraction of sp³-hybridized carbons (Fsp3) is 0.889. The third-order valence-electron chi connectivity index (χ3n) is 1.43. The molecule has 0 fully saturated rings. The molecule has 0 aliphatic heterocycles. The van der Waals surface area contributed by atoms with Crippen LogP contribution in [-0.4, -0.2) is 32.8 Å². The fourth-order valence-electron chi connectivity index (χ4n) is 0.0833. The van der Waals surface area contributed by atoms with Crippen LogP contribution in [0.25, 0.3) is 0 Å². The molecule has 0 heterocycles. The van der Waals surface area contributed by atoms with Crippen LogP contribution in [0.15, 0.2) is 4.99 Å². The van der Waals surface area contributed by atoms with Crippen LogP contribution in [-0.2, 0) is 9.47 Å². The summed E-state index contributed by atoms with van der Waals surface area (Å²) in [4.78, 5) is 3.81. The zero-order valence-electron chi connectivity index (χ0n) is 9.26. The van der Waals surface area contributed by atoms with Crippen molar-refractivity contribution in [2.75, 3.05) is 21.3 Å². The third kappa shape index (κ3) is 12.3. The largest absolute Gasteiger partial charge is 0.354 e. The second kappa shape index (κ2) is 7.25. The quantitative estimate of drug-likeness (QED) is 0.475. The van der Waals surface area contributed by atoms with Gasteiger partial charge in [-0.2, -0.15) is 0 Å². The topological polar surface area (TPSA) is 30.8 Å². The molecule has 0 aromatic heterocycles. The van der Waals surface area contributed by atoms with Gasteiger partial charge in [0.25, 0.3) is 0 Å². The number of rotatable bonds is 2. The van der Waals surface area contributed by atoms with E-state index in [1.165, 1.54) is 0 Å². The molecule has 3 nitrogen and oxygen atoms in total. The lowest BCUT2D eigenvalue weighted by molar-refractivity contribution is -0.178. The molecule has 74 valence electrons. The highest BCUT2D eigenvalue weighted by molar-refractivity contribution is 5.78. The molecule has 0 saturated heterocycles. The van der Waals surface area contributed by atoms with Crippen molar-refractivity contribution in [1.82, 2.24) is 0 Å². The van der Waals surface area contributed by atoms with Crippen LogP contribution >= 0.6 is 0 Å². The molecular formula is C9H21NO2. The molecule has 0 amide bonds. The van der Waals surface area contributed by atoms with Crippen molar-refractivity contribution in [2.45, 2.75) is 33.5 Å². The van der Waals surface area contributed by atoms with Gasteiger partial charge in [-0.1, -0.05) is 0 Å². The van der Waals surface area contributed by atoms with Crippen molar-refractivity contribution in [3.63, 3.8) is 0 Å². The molecule has 0 N–H and O–H groups in total. The summed E-state index contributed by atoms with van der Waals surface area (Å²) >= 11 is 0. The summed E-state index contributed by atoms with van der Waals surface area (Å²) in [5, 5.41) is 0. The molecule has 0 aromatic rings. The van der Waals surface area contributed by atoms with E-state index in [0.717, 1.165) is 5.71 Å². The second-order valence-corrected chi connectivity index (χ2v) is 2.98. The molecule has 0 spiro atoms. The molecular weight excluding hydrogens is 154 g/mol. The van der Waals surface area contributed by atoms with E-state index in [9.17, 15) is 0 Å². The van der Waals surface area contributed by atoms with E-state index >= 15 is 0 Å². The normalized spacial score (nSPS) is 9.92. The first-order valence-corrected chi connectivity index (χ1v) is 3.90. The molecule has 0 aliphatic carbocycles. The molecule has 3 heteroatoms. The molecule has 0 radical (unpaired) electrons. The molecule has 0 bridgehead atoms. The molecule has 0 atom stereocenters. The average molecular weight is 175 g/mol. The first-order valence-electron chi connectivity index (χ1n) is 3.90. The number of ether oxygens (including phenoxy) is 2. The highest BCUT2D eigenvalue weighted by atomic mass is 16.7.